The summed E-state index contributed by atoms with van der Waals surface area (Å²) in [6.07, 6.45) is 3.43. The molecule has 0 spiro atoms. The van der Waals surface area contributed by atoms with Crippen LogP contribution in [0.3, 0.4) is 0 Å². The molecule has 6 heteroatoms. The monoisotopic (exact) mass is 325 g/mol. The molecule has 1 aliphatic heterocycles. The fourth-order valence-electron chi connectivity index (χ4n) is 2.52. The summed E-state index contributed by atoms with van der Waals surface area (Å²) in [6.45, 7) is 6.69. The number of hydrogen-bond donors (Lipinski definition) is 1. The maximum Gasteiger partial charge on any atom is 0.341 e. The van der Waals surface area contributed by atoms with Crippen LogP contribution in [-0.4, -0.2) is 31.2 Å². The van der Waals surface area contributed by atoms with Crippen molar-refractivity contribution in [3.05, 3.63) is 16.0 Å². The van der Waals surface area contributed by atoms with Crippen molar-refractivity contribution in [1.82, 2.24) is 0 Å². The van der Waals surface area contributed by atoms with Gasteiger partial charge in [0.1, 0.15) is 5.00 Å². The van der Waals surface area contributed by atoms with Crippen LogP contribution in [-0.2, 0) is 14.3 Å². The van der Waals surface area contributed by atoms with Crippen LogP contribution in [0.4, 0.5) is 5.00 Å². The van der Waals surface area contributed by atoms with Gasteiger partial charge < -0.3 is 14.8 Å². The van der Waals surface area contributed by atoms with Gasteiger partial charge in [0.05, 0.1) is 18.3 Å². The molecular weight excluding hydrogens is 302 g/mol. The number of thiophene rings is 1. The Hall–Kier alpha value is -1.40. The molecule has 0 saturated carbocycles. The summed E-state index contributed by atoms with van der Waals surface area (Å²) < 4.78 is 10.6. The van der Waals surface area contributed by atoms with Gasteiger partial charge in [-0.2, -0.15) is 0 Å². The average Bonchev–Trinajstić information content (AvgIpc) is 3.06. The number of aryl methyl sites for hydroxylation is 1. The summed E-state index contributed by atoms with van der Waals surface area (Å²) in [4.78, 5) is 25.2. The first-order valence-corrected chi connectivity index (χ1v) is 8.53. The molecule has 1 aromatic heterocycles. The zero-order valence-electron chi connectivity index (χ0n) is 13.4. The van der Waals surface area contributed by atoms with E-state index in [0.717, 1.165) is 36.3 Å². The smallest absolute Gasteiger partial charge is 0.341 e. The van der Waals surface area contributed by atoms with E-state index < -0.39 is 0 Å². The van der Waals surface area contributed by atoms with E-state index in [1.165, 1.54) is 11.3 Å². The Morgan fingerprint density at radius 1 is 1.41 bits per heavy atom. The van der Waals surface area contributed by atoms with Crippen LogP contribution >= 0.6 is 11.3 Å². The topological polar surface area (TPSA) is 64.6 Å². The van der Waals surface area contributed by atoms with E-state index in [1.807, 2.05) is 13.8 Å². The van der Waals surface area contributed by atoms with Crippen molar-refractivity contribution < 1.29 is 19.1 Å². The highest BCUT2D eigenvalue weighted by Crippen LogP contribution is 2.33. The molecule has 5 nitrogen and oxygen atoms in total. The zero-order valence-corrected chi connectivity index (χ0v) is 14.2. The van der Waals surface area contributed by atoms with Gasteiger partial charge in [0.15, 0.2) is 0 Å². The molecule has 1 saturated heterocycles. The number of ether oxygens (including phenoxy) is 2. The molecule has 1 aliphatic rings. The van der Waals surface area contributed by atoms with Gasteiger partial charge in [0.25, 0.3) is 0 Å². The van der Waals surface area contributed by atoms with Crippen LogP contribution in [0.1, 0.15) is 53.4 Å². The van der Waals surface area contributed by atoms with Crippen molar-refractivity contribution in [2.45, 2.75) is 52.6 Å². The Morgan fingerprint density at radius 3 is 2.82 bits per heavy atom. The summed E-state index contributed by atoms with van der Waals surface area (Å²) in [5.74, 6) is -0.457. The molecular formula is C16H23NO4S. The van der Waals surface area contributed by atoms with Crippen molar-refractivity contribution in [3.63, 3.8) is 0 Å². The normalized spacial score (nSPS) is 17.5. The average molecular weight is 325 g/mol. The summed E-state index contributed by atoms with van der Waals surface area (Å²) in [6, 6.07) is 0. The summed E-state index contributed by atoms with van der Waals surface area (Å²) in [5.41, 5.74) is 1.35. The Bertz CT molecular complexity index is 547. The molecule has 122 valence electrons. The van der Waals surface area contributed by atoms with Crippen molar-refractivity contribution in [1.29, 1.82) is 0 Å². The summed E-state index contributed by atoms with van der Waals surface area (Å²) >= 11 is 1.42. The predicted octanol–water partition coefficient (Wildman–Crippen LogP) is 3.44. The molecule has 0 aliphatic carbocycles. The number of carbonyl (C=O) groups is 2. The van der Waals surface area contributed by atoms with E-state index in [2.05, 4.69) is 5.32 Å². The standard InChI is InChI=1S/C16H23NO4S/c1-4-20-16(19)14-10(2)11(3)22-15(14)17-13(18)8-7-12-6-5-9-21-12/h12H,4-9H2,1-3H3,(H,17,18). The summed E-state index contributed by atoms with van der Waals surface area (Å²) in [5, 5.41) is 3.45. The fourth-order valence-corrected chi connectivity index (χ4v) is 3.58. The first kappa shape index (κ1) is 17.0. The first-order chi connectivity index (χ1) is 10.5. The number of nitrogens with one attached hydrogen (secondary N) is 1. The number of amides is 1. The van der Waals surface area contributed by atoms with E-state index in [0.29, 0.717) is 23.6 Å². The van der Waals surface area contributed by atoms with Gasteiger partial charge in [0, 0.05) is 17.9 Å². The molecule has 1 aromatic rings. The highest BCUT2D eigenvalue weighted by Gasteiger charge is 2.23. The minimum absolute atomic E-state index is 0.0812. The highest BCUT2D eigenvalue weighted by molar-refractivity contribution is 7.16. The molecule has 22 heavy (non-hydrogen) atoms. The van der Waals surface area contributed by atoms with Gasteiger partial charge in [-0.3, -0.25) is 4.79 Å². The molecule has 1 atom stereocenters. The lowest BCUT2D eigenvalue weighted by Gasteiger charge is -2.10. The van der Waals surface area contributed by atoms with Crippen molar-refractivity contribution in [3.8, 4) is 0 Å². The van der Waals surface area contributed by atoms with Crippen LogP contribution in [0.15, 0.2) is 0 Å². The largest absolute Gasteiger partial charge is 0.462 e. The van der Waals surface area contributed by atoms with E-state index in [-0.39, 0.29) is 18.0 Å². The van der Waals surface area contributed by atoms with E-state index in [4.69, 9.17) is 9.47 Å². The van der Waals surface area contributed by atoms with Crippen LogP contribution in [0.25, 0.3) is 0 Å². The molecule has 2 rings (SSSR count). The van der Waals surface area contributed by atoms with Gasteiger partial charge >= 0.3 is 5.97 Å². The Balaban J connectivity index is 2.00. The van der Waals surface area contributed by atoms with Crippen LogP contribution in [0, 0.1) is 13.8 Å². The number of anilines is 1. The lowest BCUT2D eigenvalue weighted by molar-refractivity contribution is -0.116. The van der Waals surface area contributed by atoms with Crippen LogP contribution < -0.4 is 5.32 Å². The third-order valence-corrected chi connectivity index (χ3v) is 4.96. The van der Waals surface area contributed by atoms with Crippen molar-refractivity contribution in [2.75, 3.05) is 18.5 Å². The molecule has 1 N–H and O–H groups in total. The summed E-state index contributed by atoms with van der Waals surface area (Å²) in [7, 11) is 0. The minimum Gasteiger partial charge on any atom is -0.462 e. The van der Waals surface area contributed by atoms with Gasteiger partial charge in [-0.25, -0.2) is 4.79 Å². The molecule has 0 bridgehead atoms. The molecule has 2 heterocycles. The van der Waals surface area contributed by atoms with E-state index >= 15 is 0 Å². The van der Waals surface area contributed by atoms with Crippen LogP contribution in [0.2, 0.25) is 0 Å². The van der Waals surface area contributed by atoms with E-state index in [9.17, 15) is 9.59 Å². The minimum atomic E-state index is -0.376. The second-order valence-electron chi connectivity index (χ2n) is 5.43. The Labute approximate surface area is 135 Å². The van der Waals surface area contributed by atoms with Crippen LogP contribution in [0.5, 0.6) is 0 Å². The lowest BCUT2D eigenvalue weighted by atomic mass is 10.1. The number of esters is 1. The second kappa shape index (κ2) is 7.74. The molecule has 1 amide bonds. The second-order valence-corrected chi connectivity index (χ2v) is 6.65. The SMILES string of the molecule is CCOC(=O)c1c(NC(=O)CCC2CCCO2)sc(C)c1C. The van der Waals surface area contributed by atoms with Gasteiger partial charge in [-0.1, -0.05) is 0 Å². The van der Waals surface area contributed by atoms with Crippen molar-refractivity contribution in [2.24, 2.45) is 0 Å². The number of rotatable bonds is 6. The number of carbonyl (C=O) groups excluding carboxylic acids is 2. The maximum atomic E-state index is 12.1. The maximum absolute atomic E-state index is 12.1. The fraction of sp³-hybridized carbons (Fsp3) is 0.625. The zero-order chi connectivity index (χ0) is 16.1. The van der Waals surface area contributed by atoms with E-state index in [1.54, 1.807) is 6.92 Å². The third kappa shape index (κ3) is 4.08. The lowest BCUT2D eigenvalue weighted by Crippen LogP contribution is -2.17. The third-order valence-electron chi connectivity index (χ3n) is 3.84. The van der Waals surface area contributed by atoms with Crippen molar-refractivity contribution >= 4 is 28.2 Å². The molecule has 0 radical (unpaired) electrons. The van der Waals surface area contributed by atoms with Gasteiger partial charge in [-0.15, -0.1) is 11.3 Å². The highest BCUT2D eigenvalue weighted by atomic mass is 32.1. The van der Waals surface area contributed by atoms with Gasteiger partial charge in [-0.05, 0) is 45.6 Å². The molecule has 1 fully saturated rings. The Kier molecular flexibility index (Phi) is 5.97. The first-order valence-electron chi connectivity index (χ1n) is 7.71. The molecule has 1 unspecified atom stereocenters. The Morgan fingerprint density at radius 2 is 2.18 bits per heavy atom. The van der Waals surface area contributed by atoms with Gasteiger partial charge in [0.2, 0.25) is 5.91 Å². The predicted molar refractivity (Wildman–Crippen MR) is 86.6 cm³/mol. The molecule has 0 aromatic carbocycles. The quantitative estimate of drug-likeness (QED) is 0.814. The number of hydrogen-bond acceptors (Lipinski definition) is 5.